The van der Waals surface area contributed by atoms with E-state index in [-0.39, 0.29) is 5.91 Å². The fourth-order valence-corrected chi connectivity index (χ4v) is 2.48. The van der Waals surface area contributed by atoms with Gasteiger partial charge in [0.2, 0.25) is 5.91 Å². The Morgan fingerprint density at radius 2 is 2.10 bits per heavy atom. The highest BCUT2D eigenvalue weighted by Gasteiger charge is 2.03. The van der Waals surface area contributed by atoms with Gasteiger partial charge in [-0.1, -0.05) is 31.2 Å². The molecule has 0 heterocycles. The highest BCUT2D eigenvalue weighted by molar-refractivity contribution is 5.87. The minimum Gasteiger partial charge on any atom is -0.497 e. The molecule has 3 heteroatoms. The topological polar surface area (TPSA) is 38.3 Å². The van der Waals surface area contributed by atoms with Gasteiger partial charge in [-0.05, 0) is 47.7 Å². The second kappa shape index (κ2) is 7.67. The van der Waals surface area contributed by atoms with Gasteiger partial charge in [0.1, 0.15) is 5.75 Å². The lowest BCUT2D eigenvalue weighted by Gasteiger charge is -2.09. The predicted molar refractivity (Wildman–Crippen MR) is 86.7 cm³/mol. The fraction of sp³-hybridized carbons (Fsp3) is 0.389. The molecule has 2 aromatic carbocycles. The number of fused-ring (bicyclic) bond motifs is 1. The third-order valence-electron chi connectivity index (χ3n) is 3.60. The van der Waals surface area contributed by atoms with Crippen LogP contribution >= 0.6 is 0 Å². The fourth-order valence-electron chi connectivity index (χ4n) is 2.48. The van der Waals surface area contributed by atoms with Gasteiger partial charge in [0, 0.05) is 13.0 Å². The number of hydrogen-bond acceptors (Lipinski definition) is 2. The molecule has 0 aliphatic rings. The van der Waals surface area contributed by atoms with Gasteiger partial charge in [-0.3, -0.25) is 4.79 Å². The summed E-state index contributed by atoms with van der Waals surface area (Å²) in [6.45, 7) is 2.75. The van der Waals surface area contributed by atoms with E-state index < -0.39 is 0 Å². The molecule has 2 rings (SSSR count). The lowest BCUT2D eigenvalue weighted by Crippen LogP contribution is -2.24. The highest BCUT2D eigenvalue weighted by atomic mass is 16.5. The van der Waals surface area contributed by atoms with Gasteiger partial charge in [0.25, 0.3) is 0 Å². The number of amides is 1. The molecule has 0 saturated carbocycles. The number of nitrogens with one attached hydrogen (secondary N) is 1. The maximum Gasteiger partial charge on any atom is 0.219 e. The third kappa shape index (κ3) is 4.22. The molecule has 0 aliphatic carbocycles. The van der Waals surface area contributed by atoms with Crippen molar-refractivity contribution in [2.24, 2.45) is 0 Å². The van der Waals surface area contributed by atoms with E-state index in [0.717, 1.165) is 31.6 Å². The van der Waals surface area contributed by atoms with Crippen LogP contribution in [0, 0.1) is 0 Å². The zero-order chi connectivity index (χ0) is 15.1. The molecule has 0 fully saturated rings. The van der Waals surface area contributed by atoms with E-state index in [1.807, 2.05) is 13.0 Å². The zero-order valence-electron chi connectivity index (χ0n) is 12.8. The Hall–Kier alpha value is -2.03. The van der Waals surface area contributed by atoms with Crippen molar-refractivity contribution in [3.63, 3.8) is 0 Å². The minimum absolute atomic E-state index is 0.150. The Balaban J connectivity index is 1.99. The molecular weight excluding hydrogens is 262 g/mol. The summed E-state index contributed by atoms with van der Waals surface area (Å²) in [5, 5.41) is 5.42. The summed E-state index contributed by atoms with van der Waals surface area (Å²) in [6.07, 6.45) is 3.42. The summed E-state index contributed by atoms with van der Waals surface area (Å²) in [7, 11) is 1.69. The van der Waals surface area contributed by atoms with Gasteiger partial charge in [0.15, 0.2) is 0 Å². The van der Waals surface area contributed by atoms with Crippen molar-refractivity contribution >= 4 is 16.7 Å². The molecular formula is C18H23NO2. The van der Waals surface area contributed by atoms with Crippen molar-refractivity contribution in [3.8, 4) is 5.75 Å². The lowest BCUT2D eigenvalue weighted by atomic mass is 10.0. The molecule has 1 N–H and O–H groups in total. The van der Waals surface area contributed by atoms with Gasteiger partial charge in [-0.25, -0.2) is 0 Å². The first-order valence-electron chi connectivity index (χ1n) is 7.57. The molecule has 1 amide bonds. The molecule has 0 saturated heterocycles. The van der Waals surface area contributed by atoms with Crippen LogP contribution in [0.1, 0.15) is 31.7 Å². The van der Waals surface area contributed by atoms with Crippen LogP contribution in [0.2, 0.25) is 0 Å². The van der Waals surface area contributed by atoms with Crippen LogP contribution in [0.4, 0.5) is 0 Å². The quantitative estimate of drug-likeness (QED) is 0.788. The Kier molecular flexibility index (Phi) is 5.61. The number of carbonyl (C=O) groups is 1. The molecule has 0 spiro atoms. The van der Waals surface area contributed by atoms with Crippen molar-refractivity contribution < 1.29 is 9.53 Å². The molecule has 0 atom stereocenters. The number of benzene rings is 2. The van der Waals surface area contributed by atoms with Crippen LogP contribution in [0.5, 0.6) is 5.75 Å². The largest absolute Gasteiger partial charge is 0.497 e. The first kappa shape index (κ1) is 15.4. The number of ether oxygens (including phenoxy) is 1. The van der Waals surface area contributed by atoms with Crippen LogP contribution in [0.25, 0.3) is 10.8 Å². The number of rotatable bonds is 7. The smallest absolute Gasteiger partial charge is 0.219 e. The SMILES string of the molecule is CCCC(=O)NCCCc1cccc2ccc(OC)cc12. The summed E-state index contributed by atoms with van der Waals surface area (Å²) in [4.78, 5) is 11.4. The number of methoxy groups -OCH3 is 1. The summed E-state index contributed by atoms with van der Waals surface area (Å²) in [6, 6.07) is 12.5. The summed E-state index contributed by atoms with van der Waals surface area (Å²) >= 11 is 0. The standard InChI is InChI=1S/C18H23NO2/c1-3-6-18(20)19-12-5-9-14-7-4-8-15-10-11-16(21-2)13-17(14)15/h4,7-8,10-11,13H,3,5-6,9,12H2,1-2H3,(H,19,20). The predicted octanol–water partition coefficient (Wildman–Crippen LogP) is 3.70. The number of carbonyl (C=O) groups excluding carboxylic acids is 1. The summed E-state index contributed by atoms with van der Waals surface area (Å²) < 4.78 is 5.30. The lowest BCUT2D eigenvalue weighted by molar-refractivity contribution is -0.121. The van der Waals surface area contributed by atoms with Crippen LogP contribution in [0.15, 0.2) is 36.4 Å². The maximum atomic E-state index is 11.4. The Labute approximate surface area is 126 Å². The van der Waals surface area contributed by atoms with Crippen LogP contribution in [-0.2, 0) is 11.2 Å². The number of hydrogen-bond donors (Lipinski definition) is 1. The Morgan fingerprint density at radius 3 is 2.86 bits per heavy atom. The normalized spacial score (nSPS) is 10.6. The molecule has 0 radical (unpaired) electrons. The average Bonchev–Trinajstić information content (AvgIpc) is 2.51. The molecule has 112 valence electrons. The van der Waals surface area contributed by atoms with Crippen LogP contribution in [0.3, 0.4) is 0 Å². The third-order valence-corrected chi connectivity index (χ3v) is 3.60. The van der Waals surface area contributed by atoms with Crippen LogP contribution < -0.4 is 10.1 Å². The molecule has 0 aliphatic heterocycles. The first-order valence-corrected chi connectivity index (χ1v) is 7.57. The maximum absolute atomic E-state index is 11.4. The van der Waals surface area contributed by atoms with E-state index in [9.17, 15) is 4.79 Å². The molecule has 0 unspecified atom stereocenters. The molecule has 3 nitrogen and oxygen atoms in total. The summed E-state index contributed by atoms with van der Waals surface area (Å²) in [5.74, 6) is 1.03. The summed E-state index contributed by atoms with van der Waals surface area (Å²) in [5.41, 5.74) is 1.30. The van der Waals surface area contributed by atoms with E-state index in [1.54, 1.807) is 7.11 Å². The zero-order valence-corrected chi connectivity index (χ0v) is 12.8. The highest BCUT2D eigenvalue weighted by Crippen LogP contribution is 2.24. The second-order valence-electron chi connectivity index (χ2n) is 5.21. The van der Waals surface area contributed by atoms with Gasteiger partial charge in [-0.2, -0.15) is 0 Å². The van der Waals surface area contributed by atoms with Crippen molar-refractivity contribution in [2.45, 2.75) is 32.6 Å². The minimum atomic E-state index is 0.150. The molecule has 0 bridgehead atoms. The van der Waals surface area contributed by atoms with Gasteiger partial charge >= 0.3 is 0 Å². The van der Waals surface area contributed by atoms with Crippen molar-refractivity contribution in [1.82, 2.24) is 5.32 Å². The van der Waals surface area contributed by atoms with E-state index >= 15 is 0 Å². The van der Waals surface area contributed by atoms with Gasteiger partial charge < -0.3 is 10.1 Å². The van der Waals surface area contributed by atoms with Gasteiger partial charge in [-0.15, -0.1) is 0 Å². The van der Waals surface area contributed by atoms with E-state index in [2.05, 4.69) is 35.6 Å². The van der Waals surface area contributed by atoms with Crippen LogP contribution in [-0.4, -0.2) is 19.6 Å². The Morgan fingerprint density at radius 1 is 1.24 bits per heavy atom. The second-order valence-corrected chi connectivity index (χ2v) is 5.21. The molecule has 21 heavy (non-hydrogen) atoms. The molecule has 2 aromatic rings. The van der Waals surface area contributed by atoms with Crippen molar-refractivity contribution in [2.75, 3.05) is 13.7 Å². The number of aryl methyl sites for hydroxylation is 1. The van der Waals surface area contributed by atoms with E-state index in [0.29, 0.717) is 6.42 Å². The molecule has 0 aromatic heterocycles. The van der Waals surface area contributed by atoms with Gasteiger partial charge in [0.05, 0.1) is 7.11 Å². The van der Waals surface area contributed by atoms with E-state index in [1.165, 1.54) is 16.3 Å². The van der Waals surface area contributed by atoms with Crippen molar-refractivity contribution in [1.29, 1.82) is 0 Å². The average molecular weight is 285 g/mol. The first-order chi connectivity index (χ1) is 10.2. The Bertz CT molecular complexity index is 607. The van der Waals surface area contributed by atoms with Crippen molar-refractivity contribution in [3.05, 3.63) is 42.0 Å². The monoisotopic (exact) mass is 285 g/mol. The van der Waals surface area contributed by atoms with E-state index in [4.69, 9.17) is 4.74 Å².